The van der Waals surface area contributed by atoms with E-state index in [9.17, 15) is 24.3 Å². The number of aliphatic hydroxyl groups is 1. The molecule has 0 aliphatic carbocycles. The molecule has 240 valence electrons. The summed E-state index contributed by atoms with van der Waals surface area (Å²) in [4.78, 5) is 57.2. The van der Waals surface area contributed by atoms with Crippen molar-refractivity contribution in [1.29, 1.82) is 0 Å². The SMILES string of the molecule is C=CCCC(=O)NC[C@@H](C)OC(=O)[C@@H]1[C@H]2O[C@@]3(CC2Br)[C@H](C(=O)N(CC=C)c2ccc(OC)cc2)N(CCCCO)C(=O)[C@@H]13. The molecular weight excluding hydrogens is 634 g/mol. The van der Waals surface area contributed by atoms with Crippen molar-refractivity contribution in [2.45, 2.75) is 67.7 Å². The Hall–Kier alpha value is -3.22. The highest BCUT2D eigenvalue weighted by atomic mass is 79.9. The number of halogens is 1. The first-order valence-electron chi connectivity index (χ1n) is 15.0. The average Bonchev–Trinajstić information content (AvgIpc) is 3.61. The number of fused-ring (bicyclic) bond motifs is 1. The van der Waals surface area contributed by atoms with Gasteiger partial charge in [-0.3, -0.25) is 19.2 Å². The number of aliphatic hydroxyl groups excluding tert-OH is 1. The molecule has 0 radical (unpaired) electrons. The number of allylic oxidation sites excluding steroid dienone is 1. The molecule has 7 atom stereocenters. The van der Waals surface area contributed by atoms with E-state index in [2.05, 4.69) is 34.4 Å². The van der Waals surface area contributed by atoms with Crippen molar-refractivity contribution in [2.24, 2.45) is 11.8 Å². The van der Waals surface area contributed by atoms with E-state index in [1.165, 1.54) is 4.90 Å². The van der Waals surface area contributed by atoms with Crippen LogP contribution in [0.3, 0.4) is 0 Å². The van der Waals surface area contributed by atoms with Gasteiger partial charge in [0.15, 0.2) is 0 Å². The number of anilines is 1. The van der Waals surface area contributed by atoms with Crippen molar-refractivity contribution in [1.82, 2.24) is 10.2 Å². The van der Waals surface area contributed by atoms with E-state index in [0.29, 0.717) is 37.1 Å². The van der Waals surface area contributed by atoms with Gasteiger partial charge in [-0.1, -0.05) is 28.1 Å². The lowest BCUT2D eigenvalue weighted by molar-refractivity contribution is -0.159. The molecule has 3 heterocycles. The lowest BCUT2D eigenvalue weighted by atomic mass is 9.70. The van der Waals surface area contributed by atoms with Crippen LogP contribution in [0.1, 0.15) is 39.0 Å². The Labute approximate surface area is 266 Å². The second kappa shape index (κ2) is 14.7. The Balaban J connectivity index is 1.63. The zero-order valence-corrected chi connectivity index (χ0v) is 26.9. The fourth-order valence-corrected chi connectivity index (χ4v) is 7.51. The molecule has 12 heteroatoms. The van der Waals surface area contributed by atoms with Crippen LogP contribution in [0.5, 0.6) is 5.75 Å². The molecule has 3 aliphatic rings. The third-order valence-corrected chi connectivity index (χ3v) is 9.39. The number of amides is 3. The first-order valence-corrected chi connectivity index (χ1v) is 15.9. The maximum Gasteiger partial charge on any atom is 0.312 e. The topological polar surface area (TPSA) is 135 Å². The number of ether oxygens (including phenoxy) is 3. The second-order valence-corrected chi connectivity index (χ2v) is 12.6. The molecule has 3 aliphatic heterocycles. The molecule has 2 bridgehead atoms. The van der Waals surface area contributed by atoms with E-state index in [0.717, 1.165) is 0 Å². The van der Waals surface area contributed by atoms with Crippen molar-refractivity contribution >= 4 is 45.3 Å². The van der Waals surface area contributed by atoms with E-state index in [1.807, 2.05) is 0 Å². The summed E-state index contributed by atoms with van der Waals surface area (Å²) in [5.74, 6) is -2.70. The van der Waals surface area contributed by atoms with Crippen molar-refractivity contribution in [2.75, 3.05) is 38.3 Å². The standard InChI is InChI=1S/C32H42BrN3O8/c1-5-7-10-24(38)34-19-20(3)43-31(41)25-26-29(39)36(16-8-9-17-37)28(32(26)18-23(33)27(25)44-32)30(40)35(15-6-2)21-11-13-22(42-4)14-12-21/h5-6,11-14,20,23,25-28,37H,1-2,7-10,15-19H2,3-4H3,(H,34,38)/t20-,23?,25+,26-,27+,28+,32-/m1/s1. The normalized spacial score (nSPS) is 27.4. The smallest absolute Gasteiger partial charge is 0.312 e. The van der Waals surface area contributed by atoms with Crippen LogP contribution in [-0.4, -0.2) is 95.7 Å². The molecule has 1 aromatic carbocycles. The summed E-state index contributed by atoms with van der Waals surface area (Å²) in [6.07, 6.45) is 4.04. The maximum atomic E-state index is 14.5. The van der Waals surface area contributed by atoms with Gasteiger partial charge in [0.25, 0.3) is 5.91 Å². The molecule has 44 heavy (non-hydrogen) atoms. The first kappa shape index (κ1) is 33.7. The van der Waals surface area contributed by atoms with Crippen molar-refractivity contribution in [3.05, 3.63) is 49.6 Å². The zero-order chi connectivity index (χ0) is 32.0. The molecule has 1 unspecified atom stereocenters. The van der Waals surface area contributed by atoms with Gasteiger partial charge in [0.05, 0.1) is 31.6 Å². The number of alkyl halides is 1. The van der Waals surface area contributed by atoms with Crippen LogP contribution in [0.2, 0.25) is 0 Å². The number of esters is 1. The minimum absolute atomic E-state index is 0.0529. The molecule has 1 aromatic rings. The van der Waals surface area contributed by atoms with Crippen LogP contribution >= 0.6 is 15.9 Å². The Bertz CT molecular complexity index is 1240. The van der Waals surface area contributed by atoms with Gasteiger partial charge in [-0.05, 0) is 56.9 Å². The van der Waals surface area contributed by atoms with Gasteiger partial charge in [-0.15, -0.1) is 13.2 Å². The average molecular weight is 677 g/mol. The highest BCUT2D eigenvalue weighted by Crippen LogP contribution is 2.60. The van der Waals surface area contributed by atoms with Gasteiger partial charge in [0.2, 0.25) is 11.8 Å². The number of benzene rings is 1. The van der Waals surface area contributed by atoms with Gasteiger partial charge in [0, 0.05) is 36.6 Å². The predicted octanol–water partition coefficient (Wildman–Crippen LogP) is 2.75. The quantitative estimate of drug-likeness (QED) is 0.118. The molecule has 1 spiro atoms. The van der Waals surface area contributed by atoms with E-state index >= 15 is 0 Å². The van der Waals surface area contributed by atoms with Crippen LogP contribution in [-0.2, 0) is 28.7 Å². The zero-order valence-electron chi connectivity index (χ0n) is 25.3. The van der Waals surface area contributed by atoms with Crippen LogP contribution in [0, 0.1) is 11.8 Å². The molecule has 11 nitrogen and oxygen atoms in total. The van der Waals surface area contributed by atoms with Crippen molar-refractivity contribution in [3.63, 3.8) is 0 Å². The predicted molar refractivity (Wildman–Crippen MR) is 167 cm³/mol. The molecule has 0 aromatic heterocycles. The largest absolute Gasteiger partial charge is 0.497 e. The summed E-state index contributed by atoms with van der Waals surface area (Å²) in [5, 5.41) is 12.2. The third-order valence-electron chi connectivity index (χ3n) is 8.54. The highest BCUT2D eigenvalue weighted by Gasteiger charge is 2.77. The summed E-state index contributed by atoms with van der Waals surface area (Å²) in [5.41, 5.74) is -0.662. The monoisotopic (exact) mass is 675 g/mol. The maximum absolute atomic E-state index is 14.5. The Morgan fingerprint density at radius 1 is 1.25 bits per heavy atom. The summed E-state index contributed by atoms with van der Waals surface area (Å²) >= 11 is 3.67. The molecule has 3 amide bonds. The fraction of sp³-hybridized carbons (Fsp3) is 0.562. The number of methoxy groups -OCH3 is 1. The van der Waals surface area contributed by atoms with Crippen LogP contribution in [0.15, 0.2) is 49.6 Å². The molecule has 2 N–H and O–H groups in total. The molecule has 4 rings (SSSR count). The number of unbranched alkanes of at least 4 members (excludes halogenated alkanes) is 1. The number of hydrogen-bond acceptors (Lipinski definition) is 8. The summed E-state index contributed by atoms with van der Waals surface area (Å²) < 4.78 is 17.6. The van der Waals surface area contributed by atoms with Crippen LogP contribution in [0.4, 0.5) is 5.69 Å². The van der Waals surface area contributed by atoms with E-state index < -0.39 is 41.7 Å². The molecule has 3 saturated heterocycles. The summed E-state index contributed by atoms with van der Waals surface area (Å²) in [6.45, 7) is 9.59. The van der Waals surface area contributed by atoms with Crippen molar-refractivity contribution in [3.8, 4) is 5.75 Å². The van der Waals surface area contributed by atoms with Crippen molar-refractivity contribution < 1.29 is 38.5 Å². The number of likely N-dealkylation sites (tertiary alicyclic amines) is 1. The number of hydrogen-bond donors (Lipinski definition) is 2. The van der Waals surface area contributed by atoms with Gasteiger partial charge in [-0.2, -0.15) is 0 Å². The number of carbonyl (C=O) groups excluding carboxylic acids is 4. The minimum Gasteiger partial charge on any atom is -0.497 e. The fourth-order valence-electron chi connectivity index (χ4n) is 6.57. The lowest BCUT2D eigenvalue weighted by Crippen LogP contribution is -2.57. The third kappa shape index (κ3) is 6.57. The van der Waals surface area contributed by atoms with Crippen LogP contribution < -0.4 is 15.0 Å². The Kier molecular flexibility index (Phi) is 11.3. The number of rotatable bonds is 16. The van der Waals surface area contributed by atoms with Crippen LogP contribution in [0.25, 0.3) is 0 Å². The highest BCUT2D eigenvalue weighted by molar-refractivity contribution is 9.09. The molecular formula is C32H42BrN3O8. The molecule has 0 saturated carbocycles. The second-order valence-electron chi connectivity index (χ2n) is 11.4. The number of carbonyl (C=O) groups is 4. The summed E-state index contributed by atoms with van der Waals surface area (Å²) in [6, 6.07) is 6.02. The minimum atomic E-state index is -1.26. The number of nitrogens with one attached hydrogen (secondary N) is 1. The Morgan fingerprint density at radius 2 is 1.98 bits per heavy atom. The van der Waals surface area contributed by atoms with E-state index in [1.54, 1.807) is 55.4 Å². The van der Waals surface area contributed by atoms with E-state index in [-0.39, 0.29) is 55.2 Å². The summed E-state index contributed by atoms with van der Waals surface area (Å²) in [7, 11) is 1.56. The number of nitrogens with zero attached hydrogens (tertiary/aromatic N) is 2. The van der Waals surface area contributed by atoms with E-state index in [4.69, 9.17) is 14.2 Å². The molecule has 3 fully saturated rings. The van der Waals surface area contributed by atoms with Gasteiger partial charge in [0.1, 0.15) is 23.5 Å². The van der Waals surface area contributed by atoms with Gasteiger partial charge >= 0.3 is 5.97 Å². The first-order chi connectivity index (χ1) is 21.1. The Morgan fingerprint density at radius 3 is 2.61 bits per heavy atom. The van der Waals surface area contributed by atoms with Gasteiger partial charge in [-0.25, -0.2) is 0 Å². The lowest BCUT2D eigenvalue weighted by Gasteiger charge is -2.37. The van der Waals surface area contributed by atoms with Gasteiger partial charge < -0.3 is 34.4 Å².